The van der Waals surface area contributed by atoms with Gasteiger partial charge in [-0.2, -0.15) is 0 Å². The quantitative estimate of drug-likeness (QED) is 0.269. The average Bonchev–Trinajstić information content (AvgIpc) is 2.88. The molecular weight excluding hydrogens is 649 g/mol. The first-order chi connectivity index (χ1) is 18.4. The maximum atomic E-state index is 14.0. The van der Waals surface area contributed by atoms with Gasteiger partial charge in [0.1, 0.15) is 12.6 Å². The molecule has 2 amide bonds. The van der Waals surface area contributed by atoms with E-state index in [1.165, 1.54) is 4.90 Å². The average molecular weight is 682 g/mol. The summed E-state index contributed by atoms with van der Waals surface area (Å²) < 4.78 is 27.6. The lowest BCUT2D eigenvalue weighted by Crippen LogP contribution is -2.53. The number of carbonyl (C=O) groups is 2. The van der Waals surface area contributed by atoms with E-state index >= 15 is 0 Å². The molecule has 0 aliphatic heterocycles. The Kier molecular flexibility index (Phi) is 11.2. The fraction of sp³-hybridized carbons (Fsp3) is 0.310. The Morgan fingerprint density at radius 3 is 2.18 bits per heavy atom. The zero-order valence-corrected chi connectivity index (χ0v) is 25.9. The van der Waals surface area contributed by atoms with Gasteiger partial charge in [-0.15, -0.1) is 0 Å². The Morgan fingerprint density at radius 1 is 0.949 bits per heavy atom. The highest BCUT2D eigenvalue weighted by molar-refractivity contribution is 14.1. The number of anilines is 1. The summed E-state index contributed by atoms with van der Waals surface area (Å²) in [5.41, 5.74) is 1.98. The second kappa shape index (κ2) is 14.1. The zero-order chi connectivity index (χ0) is 28.6. The summed E-state index contributed by atoms with van der Waals surface area (Å²) in [6.45, 7) is 4.05. The Bertz CT molecular complexity index is 1370. The molecule has 3 aromatic carbocycles. The number of benzene rings is 3. The number of nitrogens with one attached hydrogen (secondary N) is 1. The summed E-state index contributed by atoms with van der Waals surface area (Å²) in [6.07, 6.45) is 1.33. The van der Waals surface area contributed by atoms with Crippen LogP contribution in [0.4, 0.5) is 5.69 Å². The smallest absolute Gasteiger partial charge is 0.244 e. The Hall–Kier alpha value is -2.63. The predicted molar refractivity (Wildman–Crippen MR) is 165 cm³/mol. The molecule has 0 aliphatic carbocycles. The molecule has 1 atom stereocenters. The van der Waals surface area contributed by atoms with Crippen molar-refractivity contribution in [3.63, 3.8) is 0 Å². The minimum absolute atomic E-state index is 0.0796. The first kappa shape index (κ1) is 30.9. The summed E-state index contributed by atoms with van der Waals surface area (Å²) in [5, 5.41) is 3.47. The number of amides is 2. The molecule has 0 aromatic heterocycles. The molecule has 1 unspecified atom stereocenters. The largest absolute Gasteiger partial charge is 0.354 e. The first-order valence-electron chi connectivity index (χ1n) is 12.5. The summed E-state index contributed by atoms with van der Waals surface area (Å²) in [6, 6.07) is 22.5. The van der Waals surface area contributed by atoms with E-state index in [9.17, 15) is 18.0 Å². The van der Waals surface area contributed by atoms with Crippen LogP contribution in [0.2, 0.25) is 5.02 Å². The monoisotopic (exact) mass is 681 g/mol. The van der Waals surface area contributed by atoms with E-state index in [2.05, 4.69) is 27.9 Å². The molecule has 39 heavy (non-hydrogen) atoms. The highest BCUT2D eigenvalue weighted by Gasteiger charge is 2.33. The molecule has 7 nitrogen and oxygen atoms in total. The van der Waals surface area contributed by atoms with Gasteiger partial charge in [-0.25, -0.2) is 8.42 Å². The second-order valence-corrected chi connectivity index (χ2v) is 13.3. The van der Waals surface area contributed by atoms with Crippen LogP contribution < -0.4 is 9.62 Å². The van der Waals surface area contributed by atoms with Crippen molar-refractivity contribution in [2.24, 2.45) is 5.92 Å². The van der Waals surface area contributed by atoms with Gasteiger partial charge in [0, 0.05) is 28.1 Å². The van der Waals surface area contributed by atoms with Gasteiger partial charge >= 0.3 is 0 Å². The number of carbonyl (C=O) groups excluding carboxylic acids is 2. The Labute approximate surface area is 249 Å². The maximum Gasteiger partial charge on any atom is 0.244 e. The van der Waals surface area contributed by atoms with E-state index in [1.807, 2.05) is 50.2 Å². The molecule has 10 heteroatoms. The molecule has 0 fully saturated rings. The van der Waals surface area contributed by atoms with Gasteiger partial charge in [0.25, 0.3) is 0 Å². The van der Waals surface area contributed by atoms with Gasteiger partial charge in [0.15, 0.2) is 0 Å². The van der Waals surface area contributed by atoms with Crippen LogP contribution in [0.5, 0.6) is 0 Å². The standard InChI is InChI=1S/C29H33ClIN3O4S/c1-21(2)18-32-29(36)27(17-22-8-5-4-6-9-22)33(19-23-10-7-11-24(30)16-23)28(35)20-34(39(3,37)38)26-14-12-25(31)13-15-26/h4-16,21,27H,17-20H2,1-3H3,(H,32,36). The van der Waals surface area contributed by atoms with Crippen LogP contribution >= 0.6 is 34.2 Å². The first-order valence-corrected chi connectivity index (χ1v) is 15.8. The van der Waals surface area contributed by atoms with Crippen molar-refractivity contribution in [1.29, 1.82) is 0 Å². The van der Waals surface area contributed by atoms with E-state index in [0.717, 1.165) is 25.3 Å². The van der Waals surface area contributed by atoms with Crippen molar-refractivity contribution in [2.45, 2.75) is 32.9 Å². The third kappa shape index (κ3) is 9.51. The number of rotatable bonds is 12. The van der Waals surface area contributed by atoms with Gasteiger partial charge in [0.05, 0.1) is 11.9 Å². The zero-order valence-electron chi connectivity index (χ0n) is 22.2. The lowest BCUT2D eigenvalue weighted by atomic mass is 10.0. The van der Waals surface area contributed by atoms with E-state index in [-0.39, 0.29) is 24.8 Å². The van der Waals surface area contributed by atoms with Gasteiger partial charge in [-0.3, -0.25) is 13.9 Å². The van der Waals surface area contributed by atoms with E-state index in [4.69, 9.17) is 11.6 Å². The van der Waals surface area contributed by atoms with Crippen molar-refractivity contribution in [3.05, 3.63) is 98.6 Å². The van der Waals surface area contributed by atoms with Crippen LogP contribution in [-0.4, -0.2) is 50.5 Å². The van der Waals surface area contributed by atoms with Crippen LogP contribution in [0, 0.1) is 9.49 Å². The SMILES string of the molecule is CC(C)CNC(=O)C(Cc1ccccc1)N(Cc1cccc(Cl)c1)C(=O)CN(c1ccc(I)cc1)S(C)(=O)=O. The second-order valence-electron chi connectivity index (χ2n) is 9.74. The molecule has 0 bridgehead atoms. The molecular formula is C29H33ClIN3O4S. The van der Waals surface area contributed by atoms with Crippen LogP contribution in [-0.2, 0) is 32.6 Å². The van der Waals surface area contributed by atoms with Crippen LogP contribution in [0.15, 0.2) is 78.9 Å². The van der Waals surface area contributed by atoms with Crippen LogP contribution in [0.3, 0.4) is 0 Å². The van der Waals surface area contributed by atoms with E-state index in [1.54, 1.807) is 42.5 Å². The Morgan fingerprint density at radius 2 is 1.59 bits per heavy atom. The molecule has 0 radical (unpaired) electrons. The molecule has 0 heterocycles. The number of sulfonamides is 1. The number of hydrogen-bond donors (Lipinski definition) is 1. The van der Waals surface area contributed by atoms with Crippen LogP contribution in [0.25, 0.3) is 0 Å². The summed E-state index contributed by atoms with van der Waals surface area (Å²) >= 11 is 8.36. The van der Waals surface area contributed by atoms with E-state index < -0.39 is 28.5 Å². The van der Waals surface area contributed by atoms with Gasteiger partial charge in [0.2, 0.25) is 21.8 Å². The molecule has 3 rings (SSSR count). The van der Waals surface area contributed by atoms with Crippen molar-refractivity contribution in [2.75, 3.05) is 23.7 Å². The third-order valence-electron chi connectivity index (χ3n) is 5.99. The van der Waals surface area contributed by atoms with Gasteiger partial charge < -0.3 is 10.2 Å². The van der Waals surface area contributed by atoms with Crippen molar-refractivity contribution in [3.8, 4) is 0 Å². The molecule has 208 valence electrons. The summed E-state index contributed by atoms with van der Waals surface area (Å²) in [4.78, 5) is 29.0. The normalized spacial score (nSPS) is 12.2. The summed E-state index contributed by atoms with van der Waals surface area (Å²) in [5.74, 6) is -0.590. The fourth-order valence-electron chi connectivity index (χ4n) is 4.03. The topological polar surface area (TPSA) is 86.8 Å². The number of nitrogens with zero attached hydrogens (tertiary/aromatic N) is 2. The van der Waals surface area contributed by atoms with Gasteiger partial charge in [-0.1, -0.05) is 67.9 Å². The minimum Gasteiger partial charge on any atom is -0.354 e. The van der Waals surface area contributed by atoms with Crippen molar-refractivity contribution in [1.82, 2.24) is 10.2 Å². The molecule has 0 aliphatic rings. The third-order valence-corrected chi connectivity index (χ3v) is 8.09. The molecule has 0 spiro atoms. The van der Waals surface area contributed by atoms with Crippen molar-refractivity contribution >= 4 is 61.7 Å². The molecule has 1 N–H and O–H groups in total. The lowest BCUT2D eigenvalue weighted by Gasteiger charge is -2.33. The van der Waals surface area contributed by atoms with E-state index in [0.29, 0.717) is 17.3 Å². The number of hydrogen-bond acceptors (Lipinski definition) is 4. The fourth-order valence-corrected chi connectivity index (χ4v) is 5.45. The highest BCUT2D eigenvalue weighted by Crippen LogP contribution is 2.22. The minimum atomic E-state index is -3.80. The lowest BCUT2D eigenvalue weighted by molar-refractivity contribution is -0.140. The maximum absolute atomic E-state index is 14.0. The highest BCUT2D eigenvalue weighted by atomic mass is 127. The summed E-state index contributed by atoms with van der Waals surface area (Å²) in [7, 11) is -3.80. The van der Waals surface area contributed by atoms with Crippen LogP contribution in [0.1, 0.15) is 25.0 Å². The number of halogens is 2. The predicted octanol–water partition coefficient (Wildman–Crippen LogP) is 5.12. The molecule has 0 saturated heterocycles. The molecule has 0 saturated carbocycles. The molecule has 3 aromatic rings. The van der Waals surface area contributed by atoms with Crippen molar-refractivity contribution < 1.29 is 18.0 Å². The van der Waals surface area contributed by atoms with Gasteiger partial charge in [-0.05, 0) is 76.0 Å². The Balaban J connectivity index is 2.04.